The summed E-state index contributed by atoms with van der Waals surface area (Å²) in [5.41, 5.74) is 2.97. The van der Waals surface area contributed by atoms with Crippen LogP contribution < -0.4 is 0 Å². The van der Waals surface area contributed by atoms with Gasteiger partial charge in [0.2, 0.25) is 0 Å². The summed E-state index contributed by atoms with van der Waals surface area (Å²) in [6.45, 7) is 2.39. The lowest BCUT2D eigenvalue weighted by molar-refractivity contribution is 0.482. The fourth-order valence-corrected chi connectivity index (χ4v) is 3.12. The Morgan fingerprint density at radius 3 is 1.86 bits per heavy atom. The van der Waals surface area contributed by atoms with Gasteiger partial charge in [-0.05, 0) is 36.3 Å². The maximum Gasteiger partial charge on any atom is -0.0253 e. The van der Waals surface area contributed by atoms with E-state index >= 15 is 0 Å². The molecule has 2 rings (SSSR count). The largest absolute Gasteiger partial charge is 0.0622 e. The summed E-state index contributed by atoms with van der Waals surface area (Å²) >= 11 is 0. The predicted octanol–water partition coefficient (Wildman–Crippen LogP) is 6.45. The van der Waals surface area contributed by atoms with Crippen molar-refractivity contribution in [2.24, 2.45) is 5.92 Å². The minimum absolute atomic E-state index is 0.812. The first-order valence-electron chi connectivity index (χ1n) is 8.92. The zero-order chi connectivity index (χ0) is 15.5. The molecule has 0 radical (unpaired) electrons. The number of unbranched alkanes of at least 4 members (excludes halogenated alkanes) is 4. The monoisotopic (exact) mass is 294 g/mol. The minimum Gasteiger partial charge on any atom is -0.0622 e. The van der Waals surface area contributed by atoms with Crippen LogP contribution >= 0.6 is 0 Å². The van der Waals surface area contributed by atoms with E-state index in [-0.39, 0.29) is 0 Å². The Morgan fingerprint density at radius 1 is 0.636 bits per heavy atom. The first-order valence-corrected chi connectivity index (χ1v) is 8.92. The van der Waals surface area contributed by atoms with E-state index in [4.69, 9.17) is 0 Å². The van der Waals surface area contributed by atoms with E-state index < -0.39 is 0 Å². The third kappa shape index (κ3) is 6.93. The van der Waals surface area contributed by atoms with Crippen molar-refractivity contribution in [3.05, 3.63) is 71.8 Å². The van der Waals surface area contributed by atoms with Crippen molar-refractivity contribution in [3.63, 3.8) is 0 Å². The van der Waals surface area contributed by atoms with Gasteiger partial charge in [0, 0.05) is 0 Å². The van der Waals surface area contributed by atoms with Crippen LogP contribution in [-0.2, 0) is 12.8 Å². The van der Waals surface area contributed by atoms with E-state index in [0.29, 0.717) is 0 Å². The number of benzene rings is 2. The molecule has 0 spiro atoms. The minimum atomic E-state index is 0.812. The Balaban J connectivity index is 1.47. The average Bonchev–Trinajstić information content (AvgIpc) is 2.56. The normalized spacial score (nSPS) is 12.2. The molecule has 0 amide bonds. The maximum atomic E-state index is 2.39. The lowest BCUT2D eigenvalue weighted by Gasteiger charge is -2.11. The Kier molecular flexibility index (Phi) is 7.80. The Morgan fingerprint density at radius 2 is 1.18 bits per heavy atom. The zero-order valence-electron chi connectivity index (χ0n) is 14.0. The Bertz CT molecular complexity index is 486. The van der Waals surface area contributed by atoms with Gasteiger partial charge in [0.15, 0.2) is 0 Å². The molecule has 1 unspecified atom stereocenters. The molecule has 2 aromatic rings. The molecule has 0 nitrogen and oxygen atoms in total. The predicted molar refractivity (Wildman–Crippen MR) is 97.2 cm³/mol. The average molecular weight is 294 g/mol. The van der Waals surface area contributed by atoms with Crippen LogP contribution in [0.4, 0.5) is 0 Å². The fourth-order valence-electron chi connectivity index (χ4n) is 3.12. The van der Waals surface area contributed by atoms with Crippen molar-refractivity contribution in [1.82, 2.24) is 0 Å². The molecule has 0 heterocycles. The van der Waals surface area contributed by atoms with Crippen molar-refractivity contribution in [3.8, 4) is 0 Å². The van der Waals surface area contributed by atoms with Crippen molar-refractivity contribution >= 4 is 0 Å². The fraction of sp³-hybridized carbons (Fsp3) is 0.455. The topological polar surface area (TPSA) is 0 Å². The van der Waals surface area contributed by atoms with Gasteiger partial charge in [-0.3, -0.25) is 0 Å². The molecule has 0 heteroatoms. The van der Waals surface area contributed by atoms with Gasteiger partial charge in [0.05, 0.1) is 0 Å². The number of hydrogen-bond donors (Lipinski definition) is 0. The number of aryl methyl sites for hydroxylation is 1. The first kappa shape index (κ1) is 16.8. The van der Waals surface area contributed by atoms with Crippen LogP contribution in [0.5, 0.6) is 0 Å². The van der Waals surface area contributed by atoms with Gasteiger partial charge in [0.25, 0.3) is 0 Å². The van der Waals surface area contributed by atoms with E-state index in [1.165, 1.54) is 62.5 Å². The van der Waals surface area contributed by atoms with Crippen molar-refractivity contribution in [2.75, 3.05) is 0 Å². The van der Waals surface area contributed by atoms with Crippen molar-refractivity contribution < 1.29 is 0 Å². The summed E-state index contributed by atoms with van der Waals surface area (Å²) in [6.07, 6.45) is 10.7. The molecule has 1 atom stereocenters. The van der Waals surface area contributed by atoms with Gasteiger partial charge in [-0.15, -0.1) is 0 Å². The zero-order valence-corrected chi connectivity index (χ0v) is 14.0. The lowest BCUT2D eigenvalue weighted by atomic mass is 9.95. The summed E-state index contributed by atoms with van der Waals surface area (Å²) in [7, 11) is 0. The lowest BCUT2D eigenvalue weighted by Crippen LogP contribution is -1.99. The van der Waals surface area contributed by atoms with Gasteiger partial charge in [-0.25, -0.2) is 0 Å². The summed E-state index contributed by atoms with van der Waals surface area (Å²) in [4.78, 5) is 0. The van der Waals surface area contributed by atoms with Gasteiger partial charge in [-0.1, -0.05) is 99.7 Å². The number of hydrogen-bond acceptors (Lipinski definition) is 0. The van der Waals surface area contributed by atoms with Crippen LogP contribution in [-0.4, -0.2) is 0 Å². The van der Waals surface area contributed by atoms with Crippen LogP contribution in [0.25, 0.3) is 0 Å². The molecule has 0 saturated carbocycles. The van der Waals surface area contributed by atoms with Gasteiger partial charge in [0.1, 0.15) is 0 Å². The second-order valence-electron chi connectivity index (χ2n) is 6.59. The third-order valence-corrected chi connectivity index (χ3v) is 4.43. The third-order valence-electron chi connectivity index (χ3n) is 4.43. The quantitative estimate of drug-likeness (QED) is 0.442. The van der Waals surface area contributed by atoms with Crippen LogP contribution in [0.15, 0.2) is 60.7 Å². The summed E-state index contributed by atoms with van der Waals surface area (Å²) in [5, 5.41) is 0. The molecule has 0 aliphatic heterocycles. The number of rotatable bonds is 10. The molecule has 0 aliphatic rings. The van der Waals surface area contributed by atoms with Crippen LogP contribution in [0, 0.1) is 5.92 Å². The Hall–Kier alpha value is -1.56. The van der Waals surface area contributed by atoms with Crippen LogP contribution in [0.3, 0.4) is 0 Å². The van der Waals surface area contributed by atoms with Crippen LogP contribution in [0.2, 0.25) is 0 Å². The smallest absolute Gasteiger partial charge is 0.0253 e. The van der Waals surface area contributed by atoms with E-state index in [2.05, 4.69) is 67.6 Å². The molecule has 0 aromatic heterocycles. The Labute approximate surface area is 136 Å². The molecule has 22 heavy (non-hydrogen) atoms. The highest BCUT2D eigenvalue weighted by molar-refractivity contribution is 5.15. The molecule has 0 bridgehead atoms. The molecular weight excluding hydrogens is 264 g/mol. The van der Waals surface area contributed by atoms with Crippen molar-refractivity contribution in [1.29, 1.82) is 0 Å². The van der Waals surface area contributed by atoms with E-state index in [1.54, 1.807) is 0 Å². The van der Waals surface area contributed by atoms with Crippen LogP contribution in [0.1, 0.15) is 56.6 Å². The van der Waals surface area contributed by atoms with E-state index in [0.717, 1.165) is 5.92 Å². The second kappa shape index (κ2) is 10.2. The van der Waals surface area contributed by atoms with Crippen molar-refractivity contribution in [2.45, 2.75) is 58.3 Å². The summed E-state index contributed by atoms with van der Waals surface area (Å²) < 4.78 is 0. The van der Waals surface area contributed by atoms with E-state index in [9.17, 15) is 0 Å². The molecule has 118 valence electrons. The van der Waals surface area contributed by atoms with Gasteiger partial charge >= 0.3 is 0 Å². The standard InChI is InChI=1S/C22H30/c1-20(19-22-17-11-6-12-18-22)13-7-3-2-4-8-14-21-15-9-5-10-16-21/h5-6,9-12,15-18,20H,2-4,7-8,13-14,19H2,1H3. The molecule has 0 saturated heterocycles. The summed E-state index contributed by atoms with van der Waals surface area (Å²) in [6, 6.07) is 21.8. The maximum absolute atomic E-state index is 2.39. The SMILES string of the molecule is CC(CCCCCCCc1ccccc1)Cc1ccccc1. The second-order valence-corrected chi connectivity index (χ2v) is 6.59. The van der Waals surface area contributed by atoms with Gasteiger partial charge in [-0.2, -0.15) is 0 Å². The van der Waals surface area contributed by atoms with E-state index in [1.807, 2.05) is 0 Å². The highest BCUT2D eigenvalue weighted by atomic mass is 14.1. The highest BCUT2D eigenvalue weighted by Crippen LogP contribution is 2.16. The molecule has 0 aliphatic carbocycles. The summed E-state index contributed by atoms with van der Waals surface area (Å²) in [5.74, 6) is 0.812. The van der Waals surface area contributed by atoms with Gasteiger partial charge < -0.3 is 0 Å². The molecule has 0 N–H and O–H groups in total. The first-order chi connectivity index (χ1) is 10.8. The molecule has 0 fully saturated rings. The molecular formula is C22H30. The highest BCUT2D eigenvalue weighted by Gasteiger charge is 2.03. The molecule has 2 aromatic carbocycles.